The summed E-state index contributed by atoms with van der Waals surface area (Å²) in [6, 6.07) is 77.9. The molecule has 0 N–H and O–H groups in total. The maximum atomic E-state index is 4.51. The molecule has 0 atom stereocenters. The van der Waals surface area contributed by atoms with E-state index < -0.39 is 0 Å². The summed E-state index contributed by atoms with van der Waals surface area (Å²) in [6.45, 7) is 9.17. The Kier molecular flexibility index (Phi) is 21.4. The third-order valence-electron chi connectivity index (χ3n) is 15.6. The Morgan fingerprint density at radius 1 is 0.345 bits per heavy atom. The smallest absolute Gasteiger partial charge is 0.0883 e. The molecule has 5 aromatic heterocycles. The van der Waals surface area contributed by atoms with Crippen molar-refractivity contribution in [2.45, 2.75) is 38.5 Å². The molecule has 0 fully saturated rings. The van der Waals surface area contributed by atoms with E-state index in [4.69, 9.17) is 0 Å². The van der Waals surface area contributed by atoms with Crippen molar-refractivity contribution in [3.8, 4) is 95.4 Å². The third-order valence-corrected chi connectivity index (χ3v) is 15.6. The quantitative estimate of drug-likeness (QED) is 0.148. The third kappa shape index (κ3) is 14.1. The molecule has 5 heterocycles. The average molecular weight is 1850 g/mol. The van der Waals surface area contributed by atoms with Gasteiger partial charge < -0.3 is 18.3 Å². The Morgan fingerprint density at radius 2 is 0.759 bits per heavy atom. The molecule has 15 rings (SSSR count). The van der Waals surface area contributed by atoms with Gasteiger partial charge in [0.15, 0.2) is 0 Å². The predicted octanol–water partition coefficient (Wildman–Crippen LogP) is 16.3. The number of aromatic nitrogens is 9. The Labute approximate surface area is 565 Å². The largest absolute Gasteiger partial charge is 0.350 e. The zero-order valence-corrected chi connectivity index (χ0v) is 58.4. The van der Waals surface area contributed by atoms with Gasteiger partial charge in [-0.25, -0.2) is 0 Å². The molecule has 2 aliphatic rings. The van der Waals surface area contributed by atoms with Crippen LogP contribution in [0.1, 0.15) is 49.9 Å². The fraction of sp³-hybridized carbons (Fsp3) is 0.122. The van der Waals surface area contributed by atoms with Gasteiger partial charge in [-0.1, -0.05) is 159 Å². The van der Waals surface area contributed by atoms with Crippen LogP contribution in [-0.4, -0.2) is 43.2 Å². The summed E-state index contributed by atoms with van der Waals surface area (Å²) in [5.41, 5.74) is 24.3. The van der Waals surface area contributed by atoms with E-state index in [0.717, 1.165) is 62.0 Å². The minimum Gasteiger partial charge on any atom is -0.350 e. The van der Waals surface area contributed by atoms with Crippen molar-refractivity contribution < 1.29 is 81.4 Å². The molecule has 87 heavy (non-hydrogen) atoms. The van der Waals surface area contributed by atoms with Gasteiger partial charge in [0.05, 0.1) is 31.0 Å². The molecule has 443 valence electrons. The van der Waals surface area contributed by atoms with Gasteiger partial charge in [0.25, 0.3) is 0 Å². The SMILES string of the molecule is Cn1cnc(-c2[c-]cc3c(c2)C(C)(C)c2ccccc2-3)c1.Cn1cnc(-c2[c-]cc3c(c2)C(C)(C)c2ccccc2-3)c1.Cn1cnc(-c2[c-]ccc(-c3ccccc3)c2)c1.[Ir].[Ir].[Ir].[Pt].[c-]1ccc(-c2ccccn2)cc1-c1cn(-c2ccccc2)cn1. The second-order valence-electron chi connectivity index (χ2n) is 22.0. The number of aryl methyl sites for hydroxylation is 3. The fourth-order valence-electron chi connectivity index (χ4n) is 11.2. The summed E-state index contributed by atoms with van der Waals surface area (Å²) in [5.74, 6) is 0. The number of imidazole rings is 4. The second-order valence-corrected chi connectivity index (χ2v) is 22.0. The van der Waals surface area contributed by atoms with Crippen LogP contribution >= 0.6 is 0 Å². The van der Waals surface area contributed by atoms with E-state index in [-0.39, 0.29) is 92.2 Å². The van der Waals surface area contributed by atoms with Crippen LogP contribution in [0.2, 0.25) is 0 Å². The van der Waals surface area contributed by atoms with Crippen molar-refractivity contribution in [3.05, 3.63) is 291 Å². The minimum atomic E-state index is 0. The molecule has 2 aliphatic carbocycles. The standard InChI is InChI=1S/C20H14N3.2C19H17N2.C16H13N2.3Ir.Pt/c1-2-9-18(10-3-1)23-14-20(22-15-23)17-8-6-7-16(13-17)19-11-4-5-12-21-19;2*1-19(2)16-7-5-4-6-14(16)15-9-8-13(10-17(15)19)18-11-21(3)12-20-18;1-18-11-16(17-12-18)15-9-5-8-14(10-15)13-6-3-2-4-7-13;;;;/h1-7,9-15H;2*4-7,9-12H,1-3H3;2-8,10-12H,1H3;;;;/q4*-1;;;;. The van der Waals surface area contributed by atoms with Crippen LogP contribution in [0.5, 0.6) is 0 Å². The van der Waals surface area contributed by atoms with E-state index in [1.807, 2.05) is 156 Å². The first-order valence-electron chi connectivity index (χ1n) is 27.7. The summed E-state index contributed by atoms with van der Waals surface area (Å²) in [5, 5.41) is 0. The summed E-state index contributed by atoms with van der Waals surface area (Å²) >= 11 is 0. The Morgan fingerprint density at radius 3 is 1.23 bits per heavy atom. The second kappa shape index (κ2) is 28.5. The topological polar surface area (TPSA) is 84.2 Å². The Hall–Kier alpha value is -7.61. The molecule has 0 unspecified atom stereocenters. The van der Waals surface area contributed by atoms with Gasteiger partial charge in [0, 0.05) is 137 Å². The zero-order chi connectivity index (χ0) is 57.1. The zero-order valence-electron chi connectivity index (χ0n) is 48.9. The summed E-state index contributed by atoms with van der Waals surface area (Å²) in [7, 11) is 5.95. The molecular formula is C74H61Ir3N9Pt-4. The normalized spacial score (nSPS) is 12.1. The van der Waals surface area contributed by atoms with Gasteiger partial charge in [-0.3, -0.25) is 24.9 Å². The minimum absolute atomic E-state index is 0. The number of hydrogen-bond acceptors (Lipinski definition) is 5. The van der Waals surface area contributed by atoms with Crippen LogP contribution < -0.4 is 0 Å². The Balaban J connectivity index is 0.000000149. The molecule has 3 radical (unpaired) electrons. The first kappa shape index (κ1) is 65.4. The molecule has 0 amide bonds. The first-order valence-corrected chi connectivity index (χ1v) is 27.7. The van der Waals surface area contributed by atoms with Crippen molar-refractivity contribution in [3.63, 3.8) is 0 Å². The monoisotopic (exact) mass is 1850 g/mol. The van der Waals surface area contributed by atoms with Crippen molar-refractivity contribution in [1.82, 2.24) is 43.2 Å². The number of benzene rings is 8. The molecule has 0 bridgehead atoms. The molecule has 8 aromatic carbocycles. The maximum Gasteiger partial charge on any atom is 0.0883 e. The van der Waals surface area contributed by atoms with Crippen LogP contribution in [0.15, 0.2) is 244 Å². The van der Waals surface area contributed by atoms with Crippen molar-refractivity contribution in [1.29, 1.82) is 0 Å². The number of nitrogens with zero attached hydrogens (tertiary/aromatic N) is 9. The van der Waals surface area contributed by atoms with Crippen molar-refractivity contribution in [2.24, 2.45) is 21.1 Å². The van der Waals surface area contributed by atoms with Crippen molar-refractivity contribution >= 4 is 0 Å². The van der Waals surface area contributed by atoms with Crippen molar-refractivity contribution in [2.75, 3.05) is 0 Å². The number of pyridine rings is 1. The molecule has 0 saturated carbocycles. The van der Waals surface area contributed by atoms with E-state index in [2.05, 4.69) is 192 Å². The maximum absolute atomic E-state index is 4.51. The van der Waals surface area contributed by atoms with Gasteiger partial charge in [-0.15, -0.1) is 124 Å². The van der Waals surface area contributed by atoms with E-state index in [1.54, 1.807) is 12.5 Å². The van der Waals surface area contributed by atoms with Crippen LogP contribution in [0, 0.1) is 24.3 Å². The van der Waals surface area contributed by atoms with Crippen LogP contribution in [0.4, 0.5) is 0 Å². The number of rotatable bonds is 7. The Bertz CT molecular complexity index is 4250. The number of para-hydroxylation sites is 1. The number of fused-ring (bicyclic) bond motifs is 6. The van der Waals surface area contributed by atoms with E-state index in [9.17, 15) is 0 Å². The molecule has 9 nitrogen and oxygen atoms in total. The molecule has 0 saturated heterocycles. The molecule has 13 heteroatoms. The summed E-state index contributed by atoms with van der Waals surface area (Å²) in [4.78, 5) is 22.1. The van der Waals surface area contributed by atoms with Crippen LogP contribution in [0.3, 0.4) is 0 Å². The summed E-state index contributed by atoms with van der Waals surface area (Å²) in [6.07, 6.45) is 17.2. The predicted molar refractivity (Wildman–Crippen MR) is 334 cm³/mol. The van der Waals surface area contributed by atoms with Crippen LogP contribution in [0.25, 0.3) is 95.4 Å². The molecule has 0 aliphatic heterocycles. The van der Waals surface area contributed by atoms with Gasteiger partial charge in [0.1, 0.15) is 0 Å². The molecule has 0 spiro atoms. The summed E-state index contributed by atoms with van der Waals surface area (Å²) < 4.78 is 7.89. The van der Waals surface area contributed by atoms with Crippen LogP contribution in [-0.2, 0) is 113 Å². The molecule has 13 aromatic rings. The molecular weight excluding hydrogens is 1790 g/mol. The van der Waals surface area contributed by atoms with Gasteiger partial charge >= 0.3 is 0 Å². The number of hydrogen-bond donors (Lipinski definition) is 0. The fourth-order valence-corrected chi connectivity index (χ4v) is 11.2. The van der Waals surface area contributed by atoms with Gasteiger partial charge in [-0.05, 0) is 76.6 Å². The first-order chi connectivity index (χ1) is 40.4. The van der Waals surface area contributed by atoms with E-state index in [1.165, 1.54) is 55.6 Å². The average Bonchev–Trinajstić information content (AvgIpc) is 1.62. The van der Waals surface area contributed by atoms with Gasteiger partial charge in [-0.2, -0.15) is 0 Å². The van der Waals surface area contributed by atoms with E-state index in [0.29, 0.717) is 0 Å². The van der Waals surface area contributed by atoms with E-state index >= 15 is 0 Å². The van der Waals surface area contributed by atoms with Gasteiger partial charge in [0.2, 0.25) is 0 Å².